The predicted molar refractivity (Wildman–Crippen MR) is 73.6 cm³/mol. The Hall–Kier alpha value is -0.780. The Labute approximate surface area is 109 Å². The number of methoxy groups -OCH3 is 1. The van der Waals surface area contributed by atoms with Crippen molar-refractivity contribution in [2.45, 2.75) is 12.2 Å². The van der Waals surface area contributed by atoms with Crippen molar-refractivity contribution in [3.8, 4) is 0 Å². The second-order valence-electron chi connectivity index (χ2n) is 3.37. The largest absolute Gasteiger partial charge is 0.478 e. The van der Waals surface area contributed by atoms with Gasteiger partial charge in [0.05, 0.1) is 0 Å². The third-order valence-corrected chi connectivity index (χ3v) is 4.25. The number of hydrogen-bond acceptors (Lipinski definition) is 4. The number of aliphatic carboxylic acids is 1. The van der Waals surface area contributed by atoms with Gasteiger partial charge in [0.2, 0.25) is 0 Å². The molecule has 0 atom stereocenters. The van der Waals surface area contributed by atoms with Gasteiger partial charge >= 0.3 is 5.97 Å². The normalized spacial score (nSPS) is 11.1. The molecule has 0 aliphatic heterocycles. The summed E-state index contributed by atoms with van der Waals surface area (Å²) in [6.45, 7) is 0.795. The molecule has 0 aliphatic carbocycles. The van der Waals surface area contributed by atoms with Gasteiger partial charge in [-0.3, -0.25) is 0 Å². The van der Waals surface area contributed by atoms with Crippen LogP contribution in [-0.2, 0) is 15.3 Å². The van der Waals surface area contributed by atoms with Crippen molar-refractivity contribution >= 4 is 35.1 Å². The van der Waals surface area contributed by atoms with Gasteiger partial charge in [0, 0.05) is 30.4 Å². The Morgan fingerprint density at radius 3 is 3.18 bits per heavy atom. The molecule has 1 aromatic heterocycles. The summed E-state index contributed by atoms with van der Waals surface area (Å²) in [6.07, 6.45) is 3.89. The fourth-order valence-corrected chi connectivity index (χ4v) is 3.24. The number of ether oxygens (including phenoxy) is 1. The molecule has 0 radical (unpaired) electrons. The number of carboxylic acid groups (broad SMARTS) is 1. The van der Waals surface area contributed by atoms with Crippen LogP contribution >= 0.6 is 23.1 Å². The Morgan fingerprint density at radius 1 is 1.65 bits per heavy atom. The maximum atomic E-state index is 10.4. The van der Waals surface area contributed by atoms with Gasteiger partial charge in [0.25, 0.3) is 0 Å². The van der Waals surface area contributed by atoms with Crippen LogP contribution in [0.5, 0.6) is 0 Å². The van der Waals surface area contributed by atoms with Crippen molar-refractivity contribution in [3.05, 3.63) is 28.0 Å². The van der Waals surface area contributed by atoms with Gasteiger partial charge in [-0.15, -0.1) is 11.3 Å². The standard InChI is InChI=1S/C12H16O3S2/c1-15-6-2-7-16-9-11-10(5-8-17-11)3-4-12(13)14/h3-5,8H,2,6-7,9H2,1H3,(H,13,14)/b4-3+. The van der Waals surface area contributed by atoms with Crippen LogP contribution < -0.4 is 0 Å². The van der Waals surface area contributed by atoms with Crippen LogP contribution in [0.2, 0.25) is 0 Å². The quantitative estimate of drug-likeness (QED) is 0.583. The van der Waals surface area contributed by atoms with Gasteiger partial charge in [-0.1, -0.05) is 0 Å². The topological polar surface area (TPSA) is 46.5 Å². The fourth-order valence-electron chi connectivity index (χ4n) is 1.25. The molecule has 1 heterocycles. The minimum absolute atomic E-state index is 0.795. The molecule has 1 N–H and O–H groups in total. The first-order chi connectivity index (χ1) is 8.24. The van der Waals surface area contributed by atoms with Crippen LogP contribution in [0.3, 0.4) is 0 Å². The van der Waals surface area contributed by atoms with Crippen molar-refractivity contribution < 1.29 is 14.6 Å². The van der Waals surface area contributed by atoms with Gasteiger partial charge in [0.1, 0.15) is 0 Å². The van der Waals surface area contributed by atoms with Gasteiger partial charge in [-0.05, 0) is 35.3 Å². The molecule has 1 aromatic rings. The summed E-state index contributed by atoms with van der Waals surface area (Å²) < 4.78 is 4.98. The first kappa shape index (κ1) is 14.3. The molecule has 0 unspecified atom stereocenters. The van der Waals surface area contributed by atoms with E-state index in [1.165, 1.54) is 11.0 Å². The van der Waals surface area contributed by atoms with E-state index in [1.54, 1.807) is 24.5 Å². The Balaban J connectivity index is 2.38. The molecular formula is C12H16O3S2. The summed E-state index contributed by atoms with van der Waals surface area (Å²) in [6, 6.07) is 1.95. The summed E-state index contributed by atoms with van der Waals surface area (Å²) in [4.78, 5) is 11.7. The number of carbonyl (C=O) groups is 1. The zero-order chi connectivity index (χ0) is 12.5. The molecule has 3 nitrogen and oxygen atoms in total. The van der Waals surface area contributed by atoms with Gasteiger partial charge in [-0.2, -0.15) is 11.8 Å². The van der Waals surface area contributed by atoms with Crippen molar-refractivity contribution in [1.82, 2.24) is 0 Å². The van der Waals surface area contributed by atoms with Crippen molar-refractivity contribution in [3.63, 3.8) is 0 Å². The van der Waals surface area contributed by atoms with Crippen LogP contribution in [0.25, 0.3) is 6.08 Å². The molecule has 0 amide bonds. The summed E-state index contributed by atoms with van der Waals surface area (Å²) in [5.41, 5.74) is 1.01. The number of thiophene rings is 1. The van der Waals surface area contributed by atoms with E-state index in [4.69, 9.17) is 9.84 Å². The highest BCUT2D eigenvalue weighted by molar-refractivity contribution is 7.98. The molecule has 1 rings (SSSR count). The van der Waals surface area contributed by atoms with E-state index in [-0.39, 0.29) is 0 Å². The van der Waals surface area contributed by atoms with E-state index in [0.717, 1.165) is 30.1 Å². The molecule has 0 aliphatic rings. The molecule has 5 heteroatoms. The van der Waals surface area contributed by atoms with E-state index in [9.17, 15) is 4.79 Å². The highest BCUT2D eigenvalue weighted by Crippen LogP contribution is 2.24. The average molecular weight is 272 g/mol. The number of carboxylic acids is 1. The van der Waals surface area contributed by atoms with Gasteiger partial charge in [0.15, 0.2) is 0 Å². The van der Waals surface area contributed by atoms with Gasteiger partial charge in [-0.25, -0.2) is 4.79 Å². The highest BCUT2D eigenvalue weighted by Gasteiger charge is 2.02. The third-order valence-electron chi connectivity index (χ3n) is 2.06. The van der Waals surface area contributed by atoms with Crippen molar-refractivity contribution in [2.24, 2.45) is 0 Å². The Morgan fingerprint density at radius 2 is 2.47 bits per heavy atom. The summed E-state index contributed by atoms with van der Waals surface area (Å²) in [5.74, 6) is 1.09. The number of hydrogen-bond donors (Lipinski definition) is 1. The van der Waals surface area contributed by atoms with E-state index in [2.05, 4.69) is 0 Å². The molecule has 94 valence electrons. The average Bonchev–Trinajstić information content (AvgIpc) is 2.73. The fraction of sp³-hybridized carbons (Fsp3) is 0.417. The summed E-state index contributed by atoms with van der Waals surface area (Å²) in [7, 11) is 1.71. The monoisotopic (exact) mass is 272 g/mol. The molecule has 0 fully saturated rings. The Bertz CT molecular complexity index is 372. The summed E-state index contributed by atoms with van der Waals surface area (Å²) in [5, 5.41) is 10.6. The first-order valence-corrected chi connectivity index (χ1v) is 7.31. The zero-order valence-electron chi connectivity index (χ0n) is 9.72. The van der Waals surface area contributed by atoms with Crippen LogP contribution in [0.1, 0.15) is 16.9 Å². The number of thioether (sulfide) groups is 1. The molecule has 0 bridgehead atoms. The highest BCUT2D eigenvalue weighted by atomic mass is 32.2. The lowest BCUT2D eigenvalue weighted by atomic mass is 10.2. The van der Waals surface area contributed by atoms with Crippen molar-refractivity contribution in [1.29, 1.82) is 0 Å². The molecular weight excluding hydrogens is 256 g/mol. The lowest BCUT2D eigenvalue weighted by molar-refractivity contribution is -0.131. The SMILES string of the molecule is COCCCSCc1sccc1/C=C/C(=O)O. The molecule has 17 heavy (non-hydrogen) atoms. The first-order valence-electron chi connectivity index (χ1n) is 5.28. The van der Waals surface area contributed by atoms with Crippen LogP contribution in [0.15, 0.2) is 17.5 Å². The number of rotatable bonds is 8. The Kier molecular flexibility index (Phi) is 7.00. The van der Waals surface area contributed by atoms with Crippen LogP contribution in [0.4, 0.5) is 0 Å². The minimum atomic E-state index is -0.908. The molecule has 0 saturated heterocycles. The predicted octanol–water partition coefficient (Wildman–Crippen LogP) is 3.12. The maximum Gasteiger partial charge on any atom is 0.328 e. The van der Waals surface area contributed by atoms with Gasteiger partial charge < -0.3 is 9.84 Å². The second-order valence-corrected chi connectivity index (χ2v) is 5.48. The van der Waals surface area contributed by atoms with E-state index >= 15 is 0 Å². The van der Waals surface area contributed by atoms with E-state index in [1.807, 2.05) is 23.2 Å². The third kappa shape index (κ3) is 5.91. The molecule has 0 spiro atoms. The summed E-state index contributed by atoms with van der Waals surface area (Å²) >= 11 is 3.52. The van der Waals surface area contributed by atoms with E-state index in [0.29, 0.717) is 0 Å². The van der Waals surface area contributed by atoms with Crippen LogP contribution in [-0.4, -0.2) is 30.5 Å². The second kappa shape index (κ2) is 8.33. The lowest BCUT2D eigenvalue weighted by Gasteiger charge is -2.01. The van der Waals surface area contributed by atoms with Crippen LogP contribution in [0, 0.1) is 0 Å². The minimum Gasteiger partial charge on any atom is -0.478 e. The molecule has 0 aromatic carbocycles. The lowest BCUT2D eigenvalue weighted by Crippen LogP contribution is -1.91. The smallest absolute Gasteiger partial charge is 0.328 e. The maximum absolute atomic E-state index is 10.4. The van der Waals surface area contributed by atoms with E-state index < -0.39 is 5.97 Å². The van der Waals surface area contributed by atoms with Crippen molar-refractivity contribution in [2.75, 3.05) is 19.5 Å². The zero-order valence-corrected chi connectivity index (χ0v) is 11.4. The molecule has 0 saturated carbocycles.